The standard InChI is InChI=1S/C14H20N2O2S/c17-13-12(10-3-4-18-7-10)19-14(16-13)15-11-6-8-1-2-9(11)5-8/h8-12H,1-7H2,(H,15,16,17)/t8-,9-,10-,11-,12?/m0/s1. The maximum absolute atomic E-state index is 12.0. The third-order valence-electron chi connectivity index (χ3n) is 5.10. The summed E-state index contributed by atoms with van der Waals surface area (Å²) < 4.78 is 5.39. The van der Waals surface area contributed by atoms with Crippen LogP contribution < -0.4 is 5.32 Å². The Morgan fingerprint density at radius 2 is 2.16 bits per heavy atom. The van der Waals surface area contributed by atoms with Crippen LogP contribution in [0.25, 0.3) is 0 Å². The predicted octanol–water partition coefficient (Wildman–Crippen LogP) is 1.80. The van der Waals surface area contributed by atoms with Crippen molar-refractivity contribution in [3.05, 3.63) is 0 Å². The zero-order chi connectivity index (χ0) is 12.8. The van der Waals surface area contributed by atoms with Gasteiger partial charge in [-0.3, -0.25) is 9.79 Å². The number of rotatable bonds is 2. The van der Waals surface area contributed by atoms with Crippen LogP contribution in [0.5, 0.6) is 0 Å². The van der Waals surface area contributed by atoms with E-state index in [-0.39, 0.29) is 11.2 Å². The highest BCUT2D eigenvalue weighted by atomic mass is 32.2. The number of amides is 1. The number of thioether (sulfide) groups is 1. The van der Waals surface area contributed by atoms with E-state index in [0.29, 0.717) is 12.0 Å². The number of amidine groups is 1. The normalized spacial score (nSPS) is 47.3. The average Bonchev–Trinajstić information content (AvgIpc) is 3.12. The van der Waals surface area contributed by atoms with E-state index in [1.54, 1.807) is 11.8 Å². The second kappa shape index (κ2) is 4.77. The third kappa shape index (κ3) is 2.21. The Balaban J connectivity index is 1.44. The summed E-state index contributed by atoms with van der Waals surface area (Å²) in [4.78, 5) is 16.9. The minimum Gasteiger partial charge on any atom is -0.381 e. The van der Waals surface area contributed by atoms with Crippen LogP contribution in [0.1, 0.15) is 32.1 Å². The third-order valence-corrected chi connectivity index (χ3v) is 6.39. The Labute approximate surface area is 117 Å². The molecule has 1 amide bonds. The summed E-state index contributed by atoms with van der Waals surface area (Å²) in [5, 5.41) is 3.89. The molecule has 4 fully saturated rings. The fourth-order valence-corrected chi connectivity index (χ4v) is 5.23. The van der Waals surface area contributed by atoms with Gasteiger partial charge in [0, 0.05) is 12.5 Å². The molecule has 2 saturated carbocycles. The average molecular weight is 280 g/mol. The molecule has 2 bridgehead atoms. The summed E-state index contributed by atoms with van der Waals surface area (Å²) in [6.45, 7) is 1.53. The van der Waals surface area contributed by atoms with Crippen molar-refractivity contribution < 1.29 is 9.53 Å². The first kappa shape index (κ1) is 12.2. The van der Waals surface area contributed by atoms with Crippen LogP contribution in [0, 0.1) is 17.8 Å². The lowest BCUT2D eigenvalue weighted by Crippen LogP contribution is -2.30. The molecule has 0 aromatic heterocycles. The summed E-state index contributed by atoms with van der Waals surface area (Å²) in [6.07, 6.45) is 6.34. The lowest BCUT2D eigenvalue weighted by Gasteiger charge is -2.17. The number of carbonyl (C=O) groups is 1. The molecule has 2 aliphatic carbocycles. The lowest BCUT2D eigenvalue weighted by atomic mass is 9.96. The van der Waals surface area contributed by atoms with E-state index in [1.165, 1.54) is 25.7 Å². The number of hydrogen-bond acceptors (Lipinski definition) is 4. The summed E-state index contributed by atoms with van der Waals surface area (Å²) in [7, 11) is 0. The van der Waals surface area contributed by atoms with Crippen molar-refractivity contribution in [3.63, 3.8) is 0 Å². The highest BCUT2D eigenvalue weighted by Crippen LogP contribution is 2.46. The van der Waals surface area contributed by atoms with E-state index in [0.717, 1.165) is 36.6 Å². The van der Waals surface area contributed by atoms with Gasteiger partial charge >= 0.3 is 0 Å². The van der Waals surface area contributed by atoms with Crippen molar-refractivity contribution in [1.29, 1.82) is 0 Å². The van der Waals surface area contributed by atoms with Crippen molar-refractivity contribution in [3.8, 4) is 0 Å². The van der Waals surface area contributed by atoms with Gasteiger partial charge in [-0.25, -0.2) is 0 Å². The summed E-state index contributed by atoms with van der Waals surface area (Å²) in [5.74, 6) is 2.20. The van der Waals surface area contributed by atoms with Crippen LogP contribution >= 0.6 is 11.8 Å². The van der Waals surface area contributed by atoms with Gasteiger partial charge in [0.25, 0.3) is 0 Å². The summed E-state index contributed by atoms with van der Waals surface area (Å²) >= 11 is 1.64. The Bertz CT molecular complexity index is 420. The number of ether oxygens (including phenoxy) is 1. The Morgan fingerprint density at radius 1 is 1.21 bits per heavy atom. The number of nitrogens with zero attached hydrogens (tertiary/aromatic N) is 1. The van der Waals surface area contributed by atoms with Crippen LogP contribution in [-0.2, 0) is 9.53 Å². The molecule has 4 aliphatic rings. The smallest absolute Gasteiger partial charge is 0.239 e. The highest BCUT2D eigenvalue weighted by molar-refractivity contribution is 8.15. The maximum atomic E-state index is 12.0. The maximum Gasteiger partial charge on any atom is 0.239 e. The van der Waals surface area contributed by atoms with Crippen LogP contribution in [-0.4, -0.2) is 35.6 Å². The molecule has 2 heterocycles. The summed E-state index contributed by atoms with van der Waals surface area (Å²) in [6, 6.07) is 0.472. The van der Waals surface area contributed by atoms with E-state index >= 15 is 0 Å². The SMILES string of the molecule is O=C1NC(=N[C@H]2C[C@H]3CC[C@H]2C3)SC1[C@H]1CCOC1. The molecule has 0 aromatic rings. The molecule has 4 rings (SSSR count). The van der Waals surface area contributed by atoms with Gasteiger partial charge in [0.05, 0.1) is 17.9 Å². The molecule has 4 nitrogen and oxygen atoms in total. The summed E-state index contributed by atoms with van der Waals surface area (Å²) in [5.41, 5.74) is 0. The quantitative estimate of drug-likeness (QED) is 0.839. The van der Waals surface area contributed by atoms with Gasteiger partial charge in [0.2, 0.25) is 5.91 Å². The first-order valence-electron chi connectivity index (χ1n) is 7.42. The fourth-order valence-electron chi connectivity index (χ4n) is 4.06. The van der Waals surface area contributed by atoms with Crippen molar-refractivity contribution in [1.82, 2.24) is 5.32 Å². The molecule has 0 aromatic carbocycles. The van der Waals surface area contributed by atoms with Crippen LogP contribution in [0.2, 0.25) is 0 Å². The van der Waals surface area contributed by atoms with Crippen LogP contribution in [0.4, 0.5) is 0 Å². The second-order valence-corrected chi connectivity index (χ2v) is 7.46. The van der Waals surface area contributed by atoms with Gasteiger partial charge in [0.15, 0.2) is 5.17 Å². The molecular formula is C14H20N2O2S. The van der Waals surface area contributed by atoms with Gasteiger partial charge in [0.1, 0.15) is 0 Å². The van der Waals surface area contributed by atoms with Crippen LogP contribution in [0.3, 0.4) is 0 Å². The van der Waals surface area contributed by atoms with Crippen molar-refractivity contribution in [2.24, 2.45) is 22.7 Å². The van der Waals surface area contributed by atoms with Crippen molar-refractivity contribution in [2.45, 2.75) is 43.4 Å². The number of fused-ring (bicyclic) bond motifs is 2. The van der Waals surface area contributed by atoms with E-state index in [2.05, 4.69) is 5.32 Å². The molecule has 0 radical (unpaired) electrons. The molecule has 0 spiro atoms. The zero-order valence-corrected chi connectivity index (χ0v) is 11.8. The highest BCUT2D eigenvalue weighted by Gasteiger charge is 2.42. The Morgan fingerprint density at radius 3 is 2.84 bits per heavy atom. The van der Waals surface area contributed by atoms with E-state index in [4.69, 9.17) is 9.73 Å². The molecule has 2 saturated heterocycles. The molecule has 104 valence electrons. The Kier molecular flexibility index (Phi) is 3.07. The van der Waals surface area contributed by atoms with E-state index in [1.807, 2.05) is 0 Å². The van der Waals surface area contributed by atoms with Gasteiger partial charge in [-0.2, -0.15) is 0 Å². The minimum absolute atomic E-state index is 0.0276. The Hall–Kier alpha value is -0.550. The zero-order valence-electron chi connectivity index (χ0n) is 11.0. The second-order valence-electron chi connectivity index (χ2n) is 6.33. The molecule has 2 aliphatic heterocycles. The number of carbonyl (C=O) groups excluding carboxylic acids is 1. The van der Waals surface area contributed by atoms with Gasteiger partial charge in [-0.15, -0.1) is 0 Å². The first-order valence-corrected chi connectivity index (χ1v) is 8.30. The van der Waals surface area contributed by atoms with Gasteiger partial charge < -0.3 is 10.1 Å². The van der Waals surface area contributed by atoms with E-state index < -0.39 is 0 Å². The first-order chi connectivity index (χ1) is 9.29. The van der Waals surface area contributed by atoms with Crippen molar-refractivity contribution >= 4 is 22.8 Å². The molecule has 1 unspecified atom stereocenters. The molecular weight excluding hydrogens is 260 g/mol. The largest absolute Gasteiger partial charge is 0.381 e. The van der Waals surface area contributed by atoms with Gasteiger partial charge in [-0.05, 0) is 37.5 Å². The van der Waals surface area contributed by atoms with Crippen molar-refractivity contribution in [2.75, 3.05) is 13.2 Å². The van der Waals surface area contributed by atoms with E-state index in [9.17, 15) is 4.79 Å². The lowest BCUT2D eigenvalue weighted by molar-refractivity contribution is -0.119. The minimum atomic E-state index is 0.0276. The molecule has 5 atom stereocenters. The predicted molar refractivity (Wildman–Crippen MR) is 75.1 cm³/mol. The van der Waals surface area contributed by atoms with Gasteiger partial charge in [-0.1, -0.05) is 18.2 Å². The monoisotopic (exact) mass is 280 g/mol. The molecule has 5 heteroatoms. The molecule has 19 heavy (non-hydrogen) atoms. The number of hydrogen-bond donors (Lipinski definition) is 1. The molecule has 1 N–H and O–H groups in total. The number of aliphatic imine (C=N–C) groups is 1. The number of nitrogens with one attached hydrogen (secondary N) is 1. The fraction of sp³-hybridized carbons (Fsp3) is 0.857. The topological polar surface area (TPSA) is 50.7 Å². The van der Waals surface area contributed by atoms with Crippen LogP contribution in [0.15, 0.2) is 4.99 Å².